The van der Waals surface area contributed by atoms with Crippen molar-refractivity contribution in [3.8, 4) is 11.6 Å². The van der Waals surface area contributed by atoms with Crippen LogP contribution in [0.2, 0.25) is 0 Å². The summed E-state index contributed by atoms with van der Waals surface area (Å²) in [5, 5.41) is 0. The zero-order valence-electron chi connectivity index (χ0n) is 17.6. The molecular weight excluding hydrogens is 394 g/mol. The standard InChI is InChI=1S/C23H25N5O3/c1-3-13-27-19-20(28(23(27)29)14-16-9-11-18(30-2)12-10-16)25-22(24)26-21(19)31-15-17-7-5-4-6-8-17/h4-12H,3,13-15H2,1-2H3,(H2,24,25,26). The predicted molar refractivity (Wildman–Crippen MR) is 119 cm³/mol. The van der Waals surface area contributed by atoms with Crippen LogP contribution in [0.15, 0.2) is 59.4 Å². The van der Waals surface area contributed by atoms with Crippen LogP contribution >= 0.6 is 0 Å². The van der Waals surface area contributed by atoms with E-state index in [1.165, 1.54) is 0 Å². The second kappa shape index (κ2) is 8.91. The molecule has 4 aromatic rings. The first-order valence-corrected chi connectivity index (χ1v) is 10.2. The number of nitrogens with two attached hydrogens (primary N) is 1. The number of aryl methyl sites for hydroxylation is 1. The normalized spacial score (nSPS) is 11.0. The zero-order chi connectivity index (χ0) is 21.8. The molecule has 0 saturated heterocycles. The minimum Gasteiger partial charge on any atom is -0.497 e. The molecule has 160 valence electrons. The molecule has 0 bridgehead atoms. The molecule has 0 aliphatic rings. The minimum atomic E-state index is -0.169. The number of anilines is 1. The highest BCUT2D eigenvalue weighted by atomic mass is 16.5. The van der Waals surface area contributed by atoms with Gasteiger partial charge in [-0.1, -0.05) is 49.4 Å². The quantitative estimate of drug-likeness (QED) is 0.471. The first kappa shape index (κ1) is 20.5. The monoisotopic (exact) mass is 419 g/mol. The molecule has 2 aromatic heterocycles. The van der Waals surface area contributed by atoms with Gasteiger partial charge in [0, 0.05) is 6.54 Å². The predicted octanol–water partition coefficient (Wildman–Crippen LogP) is 3.22. The van der Waals surface area contributed by atoms with E-state index in [-0.39, 0.29) is 11.6 Å². The summed E-state index contributed by atoms with van der Waals surface area (Å²) in [6, 6.07) is 17.3. The van der Waals surface area contributed by atoms with Gasteiger partial charge in [-0.15, -0.1) is 0 Å². The van der Waals surface area contributed by atoms with Crippen LogP contribution in [0.4, 0.5) is 5.95 Å². The lowest BCUT2D eigenvalue weighted by molar-refractivity contribution is 0.296. The molecular formula is C23H25N5O3. The number of ether oxygens (including phenoxy) is 2. The van der Waals surface area contributed by atoms with Gasteiger partial charge in [-0.2, -0.15) is 9.97 Å². The minimum absolute atomic E-state index is 0.0627. The third-order valence-corrected chi connectivity index (χ3v) is 5.00. The summed E-state index contributed by atoms with van der Waals surface area (Å²) in [4.78, 5) is 22.0. The third-order valence-electron chi connectivity index (χ3n) is 5.00. The summed E-state index contributed by atoms with van der Waals surface area (Å²) < 4.78 is 14.5. The van der Waals surface area contributed by atoms with E-state index in [1.807, 2.05) is 61.5 Å². The number of hydrogen-bond donors (Lipinski definition) is 1. The highest BCUT2D eigenvalue weighted by Gasteiger charge is 2.21. The van der Waals surface area contributed by atoms with Crippen LogP contribution in [-0.4, -0.2) is 26.2 Å². The maximum Gasteiger partial charge on any atom is 0.330 e. The van der Waals surface area contributed by atoms with Crippen LogP contribution in [0, 0.1) is 0 Å². The van der Waals surface area contributed by atoms with Gasteiger partial charge >= 0.3 is 5.69 Å². The second-order valence-electron chi connectivity index (χ2n) is 7.20. The van der Waals surface area contributed by atoms with Crippen LogP contribution < -0.4 is 20.9 Å². The number of rotatable bonds is 8. The third kappa shape index (κ3) is 4.23. The molecule has 2 aromatic carbocycles. The molecule has 2 heterocycles. The zero-order valence-corrected chi connectivity index (χ0v) is 17.6. The first-order valence-electron chi connectivity index (χ1n) is 10.2. The van der Waals surface area contributed by atoms with E-state index >= 15 is 0 Å². The van der Waals surface area contributed by atoms with E-state index in [0.29, 0.717) is 36.7 Å². The van der Waals surface area contributed by atoms with Crippen molar-refractivity contribution >= 4 is 17.1 Å². The molecule has 0 saturated carbocycles. The van der Waals surface area contributed by atoms with E-state index in [4.69, 9.17) is 15.2 Å². The number of benzene rings is 2. The maximum absolute atomic E-state index is 13.3. The molecule has 0 radical (unpaired) electrons. The lowest BCUT2D eigenvalue weighted by Crippen LogP contribution is -2.25. The van der Waals surface area contributed by atoms with Crippen molar-refractivity contribution < 1.29 is 9.47 Å². The SMILES string of the molecule is CCCn1c(=O)n(Cc2ccc(OC)cc2)c2nc(N)nc(OCc3ccccc3)c21. The number of fused-ring (bicyclic) bond motifs is 1. The number of hydrogen-bond acceptors (Lipinski definition) is 6. The van der Waals surface area contributed by atoms with Crippen molar-refractivity contribution in [2.24, 2.45) is 0 Å². The summed E-state index contributed by atoms with van der Waals surface area (Å²) >= 11 is 0. The van der Waals surface area contributed by atoms with Gasteiger partial charge < -0.3 is 15.2 Å². The average molecular weight is 419 g/mol. The number of nitrogen functional groups attached to an aromatic ring is 1. The van der Waals surface area contributed by atoms with Gasteiger partial charge in [0.1, 0.15) is 12.4 Å². The Labute approximate surface area is 179 Å². The van der Waals surface area contributed by atoms with Crippen molar-refractivity contribution in [3.63, 3.8) is 0 Å². The van der Waals surface area contributed by atoms with E-state index in [1.54, 1.807) is 16.2 Å². The number of aromatic nitrogens is 4. The Hall–Kier alpha value is -3.81. The number of nitrogens with zero attached hydrogens (tertiary/aromatic N) is 4. The molecule has 0 fully saturated rings. The summed E-state index contributed by atoms with van der Waals surface area (Å²) in [6.45, 7) is 3.21. The highest BCUT2D eigenvalue weighted by Crippen LogP contribution is 2.25. The maximum atomic E-state index is 13.3. The molecule has 31 heavy (non-hydrogen) atoms. The Kier molecular flexibility index (Phi) is 5.88. The number of imidazole rings is 1. The van der Waals surface area contributed by atoms with Crippen molar-refractivity contribution in [1.82, 2.24) is 19.1 Å². The Bertz CT molecular complexity index is 1230. The van der Waals surface area contributed by atoms with Gasteiger partial charge in [0.05, 0.1) is 13.7 Å². The van der Waals surface area contributed by atoms with Crippen LogP contribution in [0.25, 0.3) is 11.2 Å². The van der Waals surface area contributed by atoms with Gasteiger partial charge in [-0.25, -0.2) is 4.79 Å². The van der Waals surface area contributed by atoms with Gasteiger partial charge in [-0.3, -0.25) is 9.13 Å². The molecule has 0 aliphatic carbocycles. The number of methoxy groups -OCH3 is 1. The molecule has 0 atom stereocenters. The van der Waals surface area contributed by atoms with Crippen LogP contribution in [-0.2, 0) is 19.7 Å². The Morgan fingerprint density at radius 1 is 0.968 bits per heavy atom. The lowest BCUT2D eigenvalue weighted by atomic mass is 10.2. The fraction of sp³-hybridized carbons (Fsp3) is 0.261. The van der Waals surface area contributed by atoms with E-state index in [9.17, 15) is 4.79 Å². The molecule has 0 unspecified atom stereocenters. The molecule has 0 spiro atoms. The topological polar surface area (TPSA) is 97.2 Å². The van der Waals surface area contributed by atoms with Gasteiger partial charge in [0.2, 0.25) is 11.8 Å². The van der Waals surface area contributed by atoms with Gasteiger partial charge in [0.25, 0.3) is 0 Å². The Morgan fingerprint density at radius 2 is 1.71 bits per heavy atom. The van der Waals surface area contributed by atoms with E-state index < -0.39 is 0 Å². The van der Waals surface area contributed by atoms with Crippen molar-refractivity contribution in [1.29, 1.82) is 0 Å². The molecule has 8 heteroatoms. The summed E-state index contributed by atoms with van der Waals surface area (Å²) in [7, 11) is 1.62. The summed E-state index contributed by atoms with van der Waals surface area (Å²) in [5.41, 5.74) is 8.78. The Morgan fingerprint density at radius 3 is 2.39 bits per heavy atom. The van der Waals surface area contributed by atoms with Gasteiger partial charge in [-0.05, 0) is 29.7 Å². The summed E-state index contributed by atoms with van der Waals surface area (Å²) in [5.74, 6) is 1.13. The highest BCUT2D eigenvalue weighted by molar-refractivity contribution is 5.78. The van der Waals surface area contributed by atoms with Crippen LogP contribution in [0.1, 0.15) is 24.5 Å². The second-order valence-corrected chi connectivity index (χ2v) is 7.20. The summed E-state index contributed by atoms with van der Waals surface area (Å²) in [6.07, 6.45) is 0.782. The Balaban J connectivity index is 1.78. The van der Waals surface area contributed by atoms with E-state index in [2.05, 4.69) is 9.97 Å². The molecule has 2 N–H and O–H groups in total. The van der Waals surface area contributed by atoms with E-state index in [0.717, 1.165) is 23.3 Å². The molecule has 4 rings (SSSR count). The smallest absolute Gasteiger partial charge is 0.330 e. The van der Waals surface area contributed by atoms with Crippen molar-refractivity contribution in [2.45, 2.75) is 33.0 Å². The molecule has 8 nitrogen and oxygen atoms in total. The average Bonchev–Trinajstić information content (AvgIpc) is 3.04. The van der Waals surface area contributed by atoms with Crippen LogP contribution in [0.5, 0.6) is 11.6 Å². The molecule has 0 amide bonds. The molecule has 0 aliphatic heterocycles. The van der Waals surface area contributed by atoms with Gasteiger partial charge in [0.15, 0.2) is 11.2 Å². The lowest BCUT2D eigenvalue weighted by Gasteiger charge is -2.09. The fourth-order valence-electron chi connectivity index (χ4n) is 3.51. The first-order chi connectivity index (χ1) is 15.1. The fourth-order valence-corrected chi connectivity index (χ4v) is 3.51. The van der Waals surface area contributed by atoms with Crippen molar-refractivity contribution in [2.75, 3.05) is 12.8 Å². The van der Waals surface area contributed by atoms with Crippen molar-refractivity contribution in [3.05, 3.63) is 76.2 Å². The largest absolute Gasteiger partial charge is 0.497 e. The van der Waals surface area contributed by atoms with Crippen LogP contribution in [0.3, 0.4) is 0 Å².